The van der Waals surface area contributed by atoms with Crippen LogP contribution in [-0.4, -0.2) is 33.6 Å². The van der Waals surface area contributed by atoms with Crippen molar-refractivity contribution in [2.45, 2.75) is 25.7 Å². The average Bonchev–Trinajstić information content (AvgIpc) is 2.45. The van der Waals surface area contributed by atoms with Crippen molar-refractivity contribution in [1.29, 1.82) is 0 Å². The second-order valence-corrected chi connectivity index (χ2v) is 5.09. The molecule has 1 aliphatic carbocycles. The van der Waals surface area contributed by atoms with Crippen LogP contribution in [0.2, 0.25) is 0 Å². The molecule has 0 saturated heterocycles. The van der Waals surface area contributed by atoms with E-state index >= 15 is 0 Å². The number of carboxylic acids is 1. The summed E-state index contributed by atoms with van der Waals surface area (Å²) in [4.78, 5) is 26.8. The Balaban J connectivity index is 1.95. The van der Waals surface area contributed by atoms with Crippen molar-refractivity contribution >= 4 is 11.9 Å². The van der Waals surface area contributed by atoms with Gasteiger partial charge in [-0.3, -0.25) is 14.6 Å². The van der Waals surface area contributed by atoms with Gasteiger partial charge in [0.25, 0.3) is 5.91 Å². The number of aromatic nitrogens is 1. The predicted molar refractivity (Wildman–Crippen MR) is 71.3 cm³/mol. The Hall–Kier alpha value is -2.11. The first kappa shape index (κ1) is 14.3. The number of rotatable bonds is 4. The Kier molecular flexibility index (Phi) is 4.55. The predicted octanol–water partition coefficient (Wildman–Crippen LogP) is 1.41. The number of aliphatic carboxylic acids is 1. The molecule has 0 aromatic carbocycles. The van der Waals surface area contributed by atoms with E-state index in [1.54, 1.807) is 0 Å². The van der Waals surface area contributed by atoms with Gasteiger partial charge in [0.1, 0.15) is 5.75 Å². The largest absolute Gasteiger partial charge is 0.505 e. The van der Waals surface area contributed by atoms with Crippen LogP contribution < -0.4 is 5.32 Å². The summed E-state index contributed by atoms with van der Waals surface area (Å²) in [7, 11) is 0. The normalized spacial score (nSPS) is 22.2. The molecule has 1 amide bonds. The number of nitrogens with one attached hydrogen (secondary N) is 1. The number of carboxylic acid groups (broad SMARTS) is 1. The number of hydrogen-bond donors (Lipinski definition) is 3. The van der Waals surface area contributed by atoms with Crippen LogP contribution in [0.5, 0.6) is 5.75 Å². The van der Waals surface area contributed by atoms with E-state index in [4.69, 9.17) is 0 Å². The number of pyridine rings is 1. The fourth-order valence-corrected chi connectivity index (χ4v) is 2.67. The van der Waals surface area contributed by atoms with Gasteiger partial charge in [0.15, 0.2) is 0 Å². The third-order valence-corrected chi connectivity index (χ3v) is 3.80. The minimum Gasteiger partial charge on any atom is -0.505 e. The van der Waals surface area contributed by atoms with Gasteiger partial charge >= 0.3 is 5.97 Å². The summed E-state index contributed by atoms with van der Waals surface area (Å²) in [5.74, 6) is -1.82. The van der Waals surface area contributed by atoms with Crippen LogP contribution >= 0.6 is 0 Å². The average molecular weight is 278 g/mol. The van der Waals surface area contributed by atoms with Crippen LogP contribution in [0.25, 0.3) is 0 Å². The van der Waals surface area contributed by atoms with Gasteiger partial charge in [0.2, 0.25) is 0 Å². The fraction of sp³-hybridized carbons (Fsp3) is 0.500. The van der Waals surface area contributed by atoms with Crippen LogP contribution in [0.4, 0.5) is 0 Å². The van der Waals surface area contributed by atoms with Gasteiger partial charge in [0.05, 0.1) is 17.7 Å². The SMILES string of the molecule is O=C(NCC1CCCCC1C(=O)O)c1ccncc1O. The van der Waals surface area contributed by atoms with Gasteiger partial charge in [-0.15, -0.1) is 0 Å². The third-order valence-electron chi connectivity index (χ3n) is 3.80. The van der Waals surface area contributed by atoms with Crippen molar-refractivity contribution in [2.75, 3.05) is 6.54 Å². The molecule has 1 saturated carbocycles. The second kappa shape index (κ2) is 6.36. The molecule has 0 spiro atoms. The summed E-state index contributed by atoms with van der Waals surface area (Å²) in [5.41, 5.74) is 0.155. The molecule has 1 aliphatic rings. The zero-order chi connectivity index (χ0) is 14.5. The van der Waals surface area contributed by atoms with Gasteiger partial charge in [-0.05, 0) is 24.8 Å². The van der Waals surface area contributed by atoms with E-state index in [1.165, 1.54) is 18.5 Å². The van der Waals surface area contributed by atoms with Crippen LogP contribution in [0.3, 0.4) is 0 Å². The summed E-state index contributed by atoms with van der Waals surface area (Å²) in [6, 6.07) is 1.43. The smallest absolute Gasteiger partial charge is 0.306 e. The maximum absolute atomic E-state index is 11.9. The molecule has 108 valence electrons. The van der Waals surface area contributed by atoms with Crippen molar-refractivity contribution in [3.05, 3.63) is 24.0 Å². The number of aromatic hydroxyl groups is 1. The van der Waals surface area contributed by atoms with E-state index in [2.05, 4.69) is 10.3 Å². The molecule has 6 heteroatoms. The zero-order valence-corrected chi connectivity index (χ0v) is 11.1. The van der Waals surface area contributed by atoms with Crippen molar-refractivity contribution in [1.82, 2.24) is 10.3 Å². The van der Waals surface area contributed by atoms with Gasteiger partial charge < -0.3 is 15.5 Å². The Morgan fingerprint density at radius 1 is 1.35 bits per heavy atom. The van der Waals surface area contributed by atoms with Crippen molar-refractivity contribution in [3.8, 4) is 5.75 Å². The highest BCUT2D eigenvalue weighted by molar-refractivity contribution is 5.96. The number of carbonyl (C=O) groups excluding carboxylic acids is 1. The number of amides is 1. The minimum absolute atomic E-state index is 0.0471. The highest BCUT2D eigenvalue weighted by atomic mass is 16.4. The molecular formula is C14H18N2O4. The van der Waals surface area contributed by atoms with Gasteiger partial charge in [0, 0.05) is 12.7 Å². The zero-order valence-electron chi connectivity index (χ0n) is 11.1. The molecule has 3 N–H and O–H groups in total. The van der Waals surface area contributed by atoms with E-state index in [0.29, 0.717) is 13.0 Å². The molecule has 2 atom stereocenters. The van der Waals surface area contributed by atoms with Crippen LogP contribution in [0.15, 0.2) is 18.5 Å². The minimum atomic E-state index is -0.796. The molecule has 0 radical (unpaired) electrons. The molecular weight excluding hydrogens is 260 g/mol. The standard InChI is InChI=1S/C14H18N2O4/c17-12-8-15-6-5-11(12)13(18)16-7-9-3-1-2-4-10(9)14(19)20/h5-6,8-10,17H,1-4,7H2,(H,16,18)(H,19,20). The first-order chi connectivity index (χ1) is 9.59. The highest BCUT2D eigenvalue weighted by Crippen LogP contribution is 2.29. The molecule has 1 aromatic rings. The number of hydrogen-bond acceptors (Lipinski definition) is 4. The van der Waals surface area contributed by atoms with Crippen LogP contribution in [0.1, 0.15) is 36.0 Å². The van der Waals surface area contributed by atoms with Crippen molar-refractivity contribution < 1.29 is 19.8 Å². The van der Waals surface area contributed by atoms with Crippen LogP contribution in [-0.2, 0) is 4.79 Å². The molecule has 20 heavy (non-hydrogen) atoms. The lowest BCUT2D eigenvalue weighted by Gasteiger charge is -2.28. The lowest BCUT2D eigenvalue weighted by atomic mass is 9.79. The third kappa shape index (κ3) is 3.26. The quantitative estimate of drug-likeness (QED) is 0.773. The molecule has 1 aromatic heterocycles. The van der Waals surface area contributed by atoms with E-state index in [9.17, 15) is 19.8 Å². The monoisotopic (exact) mass is 278 g/mol. The molecule has 0 bridgehead atoms. The topological polar surface area (TPSA) is 99.5 Å². The molecule has 2 unspecified atom stereocenters. The summed E-state index contributed by atoms with van der Waals surface area (Å²) >= 11 is 0. The lowest BCUT2D eigenvalue weighted by Crippen LogP contribution is -2.37. The molecule has 2 rings (SSSR count). The Labute approximate surface area is 116 Å². The summed E-state index contributed by atoms with van der Waals surface area (Å²) < 4.78 is 0. The lowest BCUT2D eigenvalue weighted by molar-refractivity contribution is -0.144. The fourth-order valence-electron chi connectivity index (χ4n) is 2.67. The first-order valence-electron chi connectivity index (χ1n) is 6.73. The van der Waals surface area contributed by atoms with E-state index in [0.717, 1.165) is 19.3 Å². The first-order valence-corrected chi connectivity index (χ1v) is 6.73. The number of carbonyl (C=O) groups is 2. The van der Waals surface area contributed by atoms with Gasteiger partial charge in [-0.25, -0.2) is 0 Å². The van der Waals surface area contributed by atoms with Gasteiger partial charge in [-0.2, -0.15) is 0 Å². The Morgan fingerprint density at radius 2 is 2.10 bits per heavy atom. The van der Waals surface area contributed by atoms with Gasteiger partial charge in [-0.1, -0.05) is 12.8 Å². The highest BCUT2D eigenvalue weighted by Gasteiger charge is 2.30. The summed E-state index contributed by atoms with van der Waals surface area (Å²) in [6.45, 7) is 0.317. The summed E-state index contributed by atoms with van der Waals surface area (Å²) in [5, 5.41) is 21.4. The van der Waals surface area contributed by atoms with Crippen LogP contribution in [0, 0.1) is 11.8 Å². The Morgan fingerprint density at radius 3 is 2.80 bits per heavy atom. The Bertz CT molecular complexity index is 504. The van der Waals surface area contributed by atoms with E-state index in [1.807, 2.05) is 0 Å². The molecule has 1 heterocycles. The maximum atomic E-state index is 11.9. The molecule has 0 aliphatic heterocycles. The summed E-state index contributed by atoms with van der Waals surface area (Å²) in [6.07, 6.45) is 6.01. The molecule has 1 fully saturated rings. The maximum Gasteiger partial charge on any atom is 0.306 e. The second-order valence-electron chi connectivity index (χ2n) is 5.09. The van der Waals surface area contributed by atoms with E-state index in [-0.39, 0.29) is 17.2 Å². The number of nitrogens with zero attached hydrogens (tertiary/aromatic N) is 1. The van der Waals surface area contributed by atoms with Crippen molar-refractivity contribution in [2.24, 2.45) is 11.8 Å². The van der Waals surface area contributed by atoms with E-state index < -0.39 is 17.8 Å². The van der Waals surface area contributed by atoms with Crippen molar-refractivity contribution in [3.63, 3.8) is 0 Å². The molecule has 6 nitrogen and oxygen atoms in total.